The average Bonchev–Trinajstić information content (AvgIpc) is 3.16. The fraction of sp³-hybridized carbons (Fsp3) is 0.227. The summed E-state index contributed by atoms with van der Waals surface area (Å²) in [5.41, 5.74) is -0.814. The Hall–Kier alpha value is -2.69. The van der Waals surface area contributed by atoms with Crippen LogP contribution in [-0.4, -0.2) is 43.9 Å². The minimum atomic E-state index is -4.52. The molecule has 1 aliphatic heterocycles. The topological polar surface area (TPSA) is 53.5 Å². The van der Waals surface area contributed by atoms with Crippen LogP contribution in [0, 0.1) is 0 Å². The van der Waals surface area contributed by atoms with E-state index in [1.54, 1.807) is 23.5 Å². The van der Waals surface area contributed by atoms with Gasteiger partial charge >= 0.3 is 6.18 Å². The van der Waals surface area contributed by atoms with Gasteiger partial charge in [-0.2, -0.15) is 17.5 Å². The summed E-state index contributed by atoms with van der Waals surface area (Å²) < 4.78 is 70.0. The molecule has 2 aromatic carbocycles. The fourth-order valence-corrected chi connectivity index (χ4v) is 6.56. The molecule has 5 nitrogen and oxygen atoms in total. The number of pyridine rings is 1. The number of anilines is 1. The Morgan fingerprint density at radius 3 is 2.34 bits per heavy atom. The van der Waals surface area contributed by atoms with E-state index in [1.807, 2.05) is 30.3 Å². The predicted molar refractivity (Wildman–Crippen MR) is 120 cm³/mol. The molecule has 0 amide bonds. The maximum Gasteiger partial charge on any atom is 0.419 e. The maximum absolute atomic E-state index is 13.3. The number of thiophene rings is 1. The van der Waals surface area contributed by atoms with Gasteiger partial charge in [-0.1, -0.05) is 18.2 Å². The number of hydrogen-bond donors (Lipinski definition) is 0. The smallest absolute Gasteiger partial charge is 0.353 e. The highest BCUT2D eigenvalue weighted by Gasteiger charge is 2.37. The van der Waals surface area contributed by atoms with E-state index in [2.05, 4.69) is 4.98 Å². The van der Waals surface area contributed by atoms with Crippen LogP contribution in [0.5, 0.6) is 0 Å². The Morgan fingerprint density at radius 1 is 0.875 bits per heavy atom. The molecule has 0 N–H and O–H groups in total. The molecule has 1 saturated heterocycles. The quantitative estimate of drug-likeness (QED) is 0.418. The number of alkyl halides is 3. The molecule has 32 heavy (non-hydrogen) atoms. The zero-order chi connectivity index (χ0) is 22.5. The number of halogens is 3. The second-order valence-corrected chi connectivity index (χ2v) is 10.5. The standard InChI is InChI=1S/C22H18F3N3O2S2/c23-22(24,25)18-5-3-9-26-21(18)27-10-12-28(13-11-27)32(29,30)15-7-8-20-17(14-15)16-4-1-2-6-19(16)31-20/h1-9,14H,10-13H2. The van der Waals surface area contributed by atoms with Crippen molar-refractivity contribution in [3.8, 4) is 0 Å². The Bertz CT molecular complexity index is 1410. The maximum atomic E-state index is 13.3. The monoisotopic (exact) mass is 477 g/mol. The highest BCUT2D eigenvalue weighted by molar-refractivity contribution is 7.89. The number of nitrogens with zero attached hydrogens (tertiary/aromatic N) is 3. The molecular weight excluding hydrogens is 459 g/mol. The lowest BCUT2D eigenvalue weighted by Crippen LogP contribution is -2.49. The summed E-state index contributed by atoms with van der Waals surface area (Å²) in [6.07, 6.45) is -3.21. The molecule has 1 aliphatic rings. The van der Waals surface area contributed by atoms with Gasteiger partial charge < -0.3 is 4.90 Å². The number of benzene rings is 2. The first-order valence-corrected chi connectivity index (χ1v) is 12.2. The average molecular weight is 478 g/mol. The normalized spacial score (nSPS) is 16.2. The third kappa shape index (κ3) is 3.62. The summed E-state index contributed by atoms with van der Waals surface area (Å²) in [5.74, 6) is -0.164. The van der Waals surface area contributed by atoms with Gasteiger partial charge in [-0.05, 0) is 36.4 Å². The predicted octanol–water partition coefficient (Wildman–Crippen LogP) is 4.98. The highest BCUT2D eigenvalue weighted by Crippen LogP contribution is 2.37. The third-order valence-corrected chi connectivity index (χ3v) is 8.66. The van der Waals surface area contributed by atoms with Crippen LogP contribution in [0.25, 0.3) is 20.2 Å². The minimum Gasteiger partial charge on any atom is -0.353 e. The van der Waals surface area contributed by atoms with Crippen LogP contribution in [0.1, 0.15) is 5.56 Å². The molecule has 0 saturated carbocycles. The largest absolute Gasteiger partial charge is 0.419 e. The molecule has 0 bridgehead atoms. The van der Waals surface area contributed by atoms with Crippen LogP contribution < -0.4 is 4.90 Å². The molecule has 0 unspecified atom stereocenters. The van der Waals surface area contributed by atoms with Gasteiger partial charge in [0.2, 0.25) is 10.0 Å². The Labute approximate surface area is 186 Å². The van der Waals surface area contributed by atoms with Crippen molar-refractivity contribution in [2.24, 2.45) is 0 Å². The summed E-state index contributed by atoms with van der Waals surface area (Å²) in [7, 11) is -3.78. The van der Waals surface area contributed by atoms with E-state index in [0.717, 1.165) is 26.2 Å². The molecule has 0 aliphatic carbocycles. The van der Waals surface area contributed by atoms with Gasteiger partial charge in [0.1, 0.15) is 5.82 Å². The van der Waals surface area contributed by atoms with Gasteiger partial charge in [-0.3, -0.25) is 0 Å². The fourth-order valence-electron chi connectivity index (χ4n) is 4.03. The Morgan fingerprint density at radius 2 is 1.59 bits per heavy atom. The Kier molecular flexibility index (Phi) is 5.11. The minimum absolute atomic E-state index is 0.0820. The SMILES string of the molecule is O=S(=O)(c1ccc2sc3ccccc3c2c1)N1CCN(c2ncccc2C(F)(F)F)CC1. The van der Waals surface area contributed by atoms with Gasteiger partial charge in [-0.15, -0.1) is 11.3 Å². The molecule has 1 fully saturated rings. The van der Waals surface area contributed by atoms with Gasteiger partial charge in [0.05, 0.1) is 10.5 Å². The van der Waals surface area contributed by atoms with Crippen molar-refractivity contribution in [2.45, 2.75) is 11.1 Å². The number of aromatic nitrogens is 1. The number of sulfonamides is 1. The van der Waals surface area contributed by atoms with Crippen molar-refractivity contribution in [3.63, 3.8) is 0 Å². The van der Waals surface area contributed by atoms with Gasteiger partial charge in [0.25, 0.3) is 0 Å². The van der Waals surface area contributed by atoms with E-state index in [-0.39, 0.29) is 36.9 Å². The van der Waals surface area contributed by atoms with E-state index < -0.39 is 21.8 Å². The van der Waals surface area contributed by atoms with Crippen LogP contribution >= 0.6 is 11.3 Å². The molecular formula is C22H18F3N3O2S2. The molecule has 0 spiro atoms. The zero-order valence-electron chi connectivity index (χ0n) is 16.7. The van der Waals surface area contributed by atoms with Gasteiger partial charge in [0, 0.05) is 52.5 Å². The molecule has 0 radical (unpaired) electrons. The number of piperazine rings is 1. The summed E-state index contributed by atoms with van der Waals surface area (Å²) in [4.78, 5) is 5.59. The van der Waals surface area contributed by atoms with E-state index in [4.69, 9.17) is 0 Å². The first kappa shape index (κ1) is 21.2. The Balaban J connectivity index is 1.41. The number of fused-ring (bicyclic) bond motifs is 3. The van der Waals surface area contributed by atoms with Crippen molar-refractivity contribution >= 4 is 47.4 Å². The lowest BCUT2D eigenvalue weighted by atomic mass is 10.1. The number of hydrogen-bond acceptors (Lipinski definition) is 5. The first-order chi connectivity index (χ1) is 15.2. The van der Waals surface area contributed by atoms with E-state index in [0.29, 0.717) is 0 Å². The van der Waals surface area contributed by atoms with Crippen molar-refractivity contribution in [3.05, 3.63) is 66.4 Å². The van der Waals surface area contributed by atoms with Crippen molar-refractivity contribution in [1.29, 1.82) is 0 Å². The van der Waals surface area contributed by atoms with Crippen LogP contribution in [-0.2, 0) is 16.2 Å². The van der Waals surface area contributed by atoms with E-state index in [9.17, 15) is 21.6 Å². The van der Waals surface area contributed by atoms with Crippen LogP contribution in [0.4, 0.5) is 19.0 Å². The van der Waals surface area contributed by atoms with E-state index in [1.165, 1.54) is 21.5 Å². The van der Waals surface area contributed by atoms with Crippen LogP contribution in [0.15, 0.2) is 65.7 Å². The first-order valence-electron chi connectivity index (χ1n) is 9.94. The number of rotatable bonds is 3. The molecule has 0 atom stereocenters. The lowest BCUT2D eigenvalue weighted by molar-refractivity contribution is -0.137. The van der Waals surface area contributed by atoms with Crippen molar-refractivity contribution in [2.75, 3.05) is 31.1 Å². The third-order valence-electron chi connectivity index (χ3n) is 5.62. The highest BCUT2D eigenvalue weighted by atomic mass is 32.2. The second kappa shape index (κ2) is 7.72. The lowest BCUT2D eigenvalue weighted by Gasteiger charge is -2.35. The summed E-state index contributed by atoms with van der Waals surface area (Å²) in [6, 6.07) is 15.2. The van der Waals surface area contributed by atoms with Crippen LogP contribution in [0.3, 0.4) is 0 Å². The summed E-state index contributed by atoms with van der Waals surface area (Å²) in [6.45, 7) is 0.420. The summed E-state index contributed by atoms with van der Waals surface area (Å²) in [5, 5.41) is 1.89. The molecule has 5 rings (SSSR count). The molecule has 3 heterocycles. The van der Waals surface area contributed by atoms with Crippen molar-refractivity contribution in [1.82, 2.24) is 9.29 Å². The molecule has 4 aromatic rings. The summed E-state index contributed by atoms with van der Waals surface area (Å²) >= 11 is 1.60. The molecule has 10 heteroatoms. The van der Waals surface area contributed by atoms with Gasteiger partial charge in [-0.25, -0.2) is 13.4 Å². The second-order valence-electron chi connectivity index (χ2n) is 7.52. The van der Waals surface area contributed by atoms with Gasteiger partial charge in [0.15, 0.2) is 0 Å². The molecule has 2 aromatic heterocycles. The van der Waals surface area contributed by atoms with E-state index >= 15 is 0 Å². The van der Waals surface area contributed by atoms with Crippen molar-refractivity contribution < 1.29 is 21.6 Å². The molecule has 166 valence electrons. The zero-order valence-corrected chi connectivity index (χ0v) is 18.3. The van der Waals surface area contributed by atoms with Crippen LogP contribution in [0.2, 0.25) is 0 Å².